The minimum atomic E-state index is -0.789. The largest absolute Gasteiger partial charge is 0.600 e. The number of nitrogens with one attached hydrogen (secondary N) is 2. The molecule has 0 aliphatic rings. The van der Waals surface area contributed by atoms with Gasteiger partial charge in [0.2, 0.25) is 0 Å². The number of hydrogen-bond donors (Lipinski definition) is 3. The summed E-state index contributed by atoms with van der Waals surface area (Å²) < 4.78 is 0. The van der Waals surface area contributed by atoms with Crippen LogP contribution in [0.1, 0.15) is 18.1 Å². The Hall–Kier alpha value is -1.36. The first-order chi connectivity index (χ1) is 7.20. The fraction of sp³-hybridized carbons (Fsp3) is 0.273. The van der Waals surface area contributed by atoms with Gasteiger partial charge in [0.25, 0.3) is 0 Å². The molecule has 0 aliphatic carbocycles. The molecule has 0 fully saturated rings. The van der Waals surface area contributed by atoms with Gasteiger partial charge in [-0.05, 0) is 24.1 Å². The Morgan fingerprint density at radius 3 is 2.93 bits per heavy atom. The third-order valence-electron chi connectivity index (χ3n) is 2.57. The molecule has 0 aliphatic heterocycles. The maximum absolute atomic E-state index is 10.6. The first-order valence-electron chi connectivity index (χ1n) is 5.01. The van der Waals surface area contributed by atoms with Gasteiger partial charge in [-0.3, -0.25) is 0 Å². The molecule has 1 unspecified atom stereocenters. The fourth-order valence-electron chi connectivity index (χ4n) is 1.80. The van der Waals surface area contributed by atoms with Crippen molar-refractivity contribution in [3.63, 3.8) is 0 Å². The van der Waals surface area contributed by atoms with Crippen LogP contribution < -0.4 is 5.23 Å². The number of aromatic amines is 1. The molecule has 15 heavy (non-hydrogen) atoms. The van der Waals surface area contributed by atoms with Crippen molar-refractivity contribution in [1.29, 1.82) is 0 Å². The van der Waals surface area contributed by atoms with Crippen LogP contribution in [0.15, 0.2) is 24.4 Å². The summed E-state index contributed by atoms with van der Waals surface area (Å²) in [5, 5.41) is 19.6. The third-order valence-corrected chi connectivity index (χ3v) is 2.57. The van der Waals surface area contributed by atoms with Gasteiger partial charge >= 0.3 is 0 Å². The minimum Gasteiger partial charge on any atom is -0.600 e. The summed E-state index contributed by atoms with van der Waals surface area (Å²) in [6.45, 7) is 2.18. The number of hydroxylamine groups is 2. The van der Waals surface area contributed by atoms with E-state index in [0.717, 1.165) is 22.9 Å². The number of quaternary nitrogens is 1. The number of hydrogen-bond acceptors (Lipinski definition) is 2. The zero-order chi connectivity index (χ0) is 10.8. The number of aryl methyl sites for hydroxylation is 1. The molecular weight excluding hydrogens is 192 g/mol. The summed E-state index contributed by atoms with van der Waals surface area (Å²) in [4.78, 5) is 3.17. The molecule has 0 saturated carbocycles. The summed E-state index contributed by atoms with van der Waals surface area (Å²) in [6, 6.07) is 5.75. The molecule has 0 bridgehead atoms. The van der Waals surface area contributed by atoms with Gasteiger partial charge in [-0.25, -0.2) is 10.4 Å². The first-order valence-corrected chi connectivity index (χ1v) is 5.01. The van der Waals surface area contributed by atoms with Crippen molar-refractivity contribution in [2.45, 2.75) is 19.9 Å². The van der Waals surface area contributed by atoms with Gasteiger partial charge in [-0.15, -0.1) is 0 Å². The maximum atomic E-state index is 10.6. The molecule has 3 N–H and O–H groups in total. The lowest BCUT2D eigenvalue weighted by molar-refractivity contribution is -1.06. The summed E-state index contributed by atoms with van der Waals surface area (Å²) in [5.41, 5.74) is 3.16. The lowest BCUT2D eigenvalue weighted by Crippen LogP contribution is -3.03. The topological polar surface area (TPSA) is 63.5 Å². The smallest absolute Gasteiger partial charge is 0.132 e. The van der Waals surface area contributed by atoms with E-state index >= 15 is 0 Å². The second-order valence-electron chi connectivity index (χ2n) is 3.62. The average Bonchev–Trinajstić information content (AvgIpc) is 2.59. The quantitative estimate of drug-likeness (QED) is 0.656. The Morgan fingerprint density at radius 2 is 2.27 bits per heavy atom. The Morgan fingerprint density at radius 1 is 1.47 bits per heavy atom. The van der Waals surface area contributed by atoms with Crippen molar-refractivity contribution in [3.8, 4) is 0 Å². The van der Waals surface area contributed by atoms with Crippen LogP contribution in [0.25, 0.3) is 10.9 Å². The summed E-state index contributed by atoms with van der Waals surface area (Å²) in [5.74, 6) is 0. The van der Waals surface area contributed by atoms with Gasteiger partial charge in [0.05, 0.1) is 0 Å². The Kier molecular flexibility index (Phi) is 2.73. The monoisotopic (exact) mass is 206 g/mol. The van der Waals surface area contributed by atoms with Crippen molar-refractivity contribution in [2.75, 3.05) is 0 Å². The second-order valence-corrected chi connectivity index (χ2v) is 3.62. The number of rotatable bonds is 3. The Bertz CT molecular complexity index is 463. The van der Waals surface area contributed by atoms with E-state index in [0.29, 0.717) is 0 Å². The SMILES string of the molecule is CCc1c[nH]c2ccc(C[NH+]([O-])O)cc12. The molecule has 0 spiro atoms. The van der Waals surface area contributed by atoms with Crippen molar-refractivity contribution >= 4 is 10.9 Å². The second kappa shape index (κ2) is 4.02. The molecule has 1 aromatic carbocycles. The van der Waals surface area contributed by atoms with E-state index in [1.807, 2.05) is 24.4 Å². The van der Waals surface area contributed by atoms with E-state index in [4.69, 9.17) is 5.21 Å². The highest BCUT2D eigenvalue weighted by Gasteiger charge is 2.04. The standard InChI is InChI=1S/C11H14N2O2/c1-2-9-6-12-11-4-3-8(5-10(9)11)7-13(14)15/h3-6,12-14H,2,7H2,1H3. The van der Waals surface area contributed by atoms with Crippen LogP contribution in [0.3, 0.4) is 0 Å². The van der Waals surface area contributed by atoms with Crippen LogP contribution in [0, 0.1) is 5.21 Å². The van der Waals surface area contributed by atoms with E-state index < -0.39 is 5.23 Å². The van der Waals surface area contributed by atoms with E-state index in [-0.39, 0.29) is 6.54 Å². The van der Waals surface area contributed by atoms with E-state index in [1.165, 1.54) is 5.56 Å². The number of H-pyrrole nitrogens is 1. The molecule has 0 radical (unpaired) electrons. The zero-order valence-electron chi connectivity index (χ0n) is 8.58. The van der Waals surface area contributed by atoms with Gasteiger partial charge in [-0.2, -0.15) is 0 Å². The highest BCUT2D eigenvalue weighted by atomic mass is 16.8. The van der Waals surface area contributed by atoms with Gasteiger partial charge < -0.3 is 10.2 Å². The summed E-state index contributed by atoms with van der Waals surface area (Å²) >= 11 is 0. The average molecular weight is 206 g/mol. The van der Waals surface area contributed by atoms with Gasteiger partial charge in [0.15, 0.2) is 0 Å². The normalized spacial score (nSPS) is 13.3. The van der Waals surface area contributed by atoms with Gasteiger partial charge in [0, 0.05) is 22.7 Å². The lowest BCUT2D eigenvalue weighted by Gasteiger charge is -2.11. The molecular formula is C11H14N2O2. The molecule has 4 nitrogen and oxygen atoms in total. The fourth-order valence-corrected chi connectivity index (χ4v) is 1.80. The molecule has 4 heteroatoms. The first kappa shape index (κ1) is 10.2. The van der Waals surface area contributed by atoms with Crippen LogP contribution in [0.5, 0.6) is 0 Å². The molecule has 1 aromatic heterocycles. The predicted molar refractivity (Wildman–Crippen MR) is 57.5 cm³/mol. The molecule has 2 rings (SSSR count). The molecule has 1 atom stereocenters. The highest BCUT2D eigenvalue weighted by molar-refractivity contribution is 5.83. The molecule has 0 amide bonds. The van der Waals surface area contributed by atoms with Crippen LogP contribution >= 0.6 is 0 Å². The van der Waals surface area contributed by atoms with Crippen molar-refractivity contribution in [3.05, 3.63) is 40.7 Å². The van der Waals surface area contributed by atoms with E-state index in [2.05, 4.69) is 11.9 Å². The van der Waals surface area contributed by atoms with Crippen LogP contribution in [-0.2, 0) is 13.0 Å². The Labute approximate surface area is 87.7 Å². The zero-order valence-corrected chi connectivity index (χ0v) is 8.58. The number of benzene rings is 1. The van der Waals surface area contributed by atoms with Crippen LogP contribution in [-0.4, -0.2) is 10.2 Å². The van der Waals surface area contributed by atoms with Crippen molar-refractivity contribution < 1.29 is 10.4 Å². The Balaban J connectivity index is 2.43. The third kappa shape index (κ3) is 2.02. The minimum absolute atomic E-state index is 0.0876. The summed E-state index contributed by atoms with van der Waals surface area (Å²) in [7, 11) is 0. The van der Waals surface area contributed by atoms with E-state index in [1.54, 1.807) is 0 Å². The molecule has 1 heterocycles. The number of fused-ring (bicyclic) bond motifs is 1. The maximum Gasteiger partial charge on any atom is 0.132 e. The lowest BCUT2D eigenvalue weighted by atomic mass is 10.1. The van der Waals surface area contributed by atoms with Crippen LogP contribution in [0.4, 0.5) is 0 Å². The van der Waals surface area contributed by atoms with Crippen LogP contribution in [0.2, 0.25) is 0 Å². The van der Waals surface area contributed by atoms with Gasteiger partial charge in [-0.1, -0.05) is 13.0 Å². The highest BCUT2D eigenvalue weighted by Crippen LogP contribution is 2.19. The molecule has 0 saturated heterocycles. The van der Waals surface area contributed by atoms with Crippen molar-refractivity contribution in [2.24, 2.45) is 0 Å². The molecule has 80 valence electrons. The summed E-state index contributed by atoms with van der Waals surface area (Å²) in [6.07, 6.45) is 2.94. The number of aromatic nitrogens is 1. The molecule has 2 aromatic rings. The van der Waals surface area contributed by atoms with Gasteiger partial charge in [0.1, 0.15) is 6.54 Å². The van der Waals surface area contributed by atoms with Crippen molar-refractivity contribution in [1.82, 2.24) is 4.98 Å². The predicted octanol–water partition coefficient (Wildman–Crippen LogP) is 1.00. The van der Waals surface area contributed by atoms with E-state index in [9.17, 15) is 5.21 Å².